The predicted octanol–water partition coefficient (Wildman–Crippen LogP) is 4.90. The van der Waals surface area contributed by atoms with Gasteiger partial charge in [0.2, 0.25) is 0 Å². The fourth-order valence-corrected chi connectivity index (χ4v) is 3.57. The van der Waals surface area contributed by atoms with Gasteiger partial charge in [0.05, 0.1) is 0 Å². The summed E-state index contributed by atoms with van der Waals surface area (Å²) in [7, 11) is 0. The molecule has 0 N–H and O–H groups in total. The standard InChI is InChI=1S/C18H12N.2ClH.Cr/c1-2-8-15-13(5-1)10-11-16(15)17-9-3-6-14-7-4-12-19-18(14)17;;;/h1-12H;2*1H;. The van der Waals surface area contributed by atoms with E-state index in [0.717, 1.165) is 5.52 Å². The average Bonchev–Trinajstić information content (AvgIpc) is 2.86. The molecule has 1 nitrogen and oxygen atoms in total. The van der Waals surface area contributed by atoms with Crippen LogP contribution in [0.25, 0.3) is 17.0 Å². The van der Waals surface area contributed by atoms with Gasteiger partial charge in [-0.1, -0.05) is 0 Å². The van der Waals surface area contributed by atoms with Crippen LogP contribution in [0.1, 0.15) is 16.7 Å². The van der Waals surface area contributed by atoms with Crippen molar-refractivity contribution in [2.45, 2.75) is 4.28 Å². The molecule has 1 unspecified atom stereocenters. The summed E-state index contributed by atoms with van der Waals surface area (Å²) >= 11 is 3.39. The molecular formula is C18H14Cl2CrN. The van der Waals surface area contributed by atoms with Gasteiger partial charge in [-0.05, 0) is 0 Å². The zero-order chi connectivity index (χ0) is 13.6. The number of hydrogen-bond acceptors (Lipinski definition) is 1. The zero-order valence-corrected chi connectivity index (χ0v) is 14.5. The van der Waals surface area contributed by atoms with E-state index >= 15 is 0 Å². The van der Waals surface area contributed by atoms with Gasteiger partial charge in [0, 0.05) is 0 Å². The Balaban J connectivity index is 0.000000882. The van der Waals surface area contributed by atoms with Crippen molar-refractivity contribution in [2.75, 3.05) is 0 Å². The summed E-state index contributed by atoms with van der Waals surface area (Å²) < 4.78 is -0.218. The van der Waals surface area contributed by atoms with Gasteiger partial charge in [0.15, 0.2) is 0 Å². The summed E-state index contributed by atoms with van der Waals surface area (Å²) in [5.74, 6) is 0. The maximum atomic E-state index is 4.59. The van der Waals surface area contributed by atoms with Crippen molar-refractivity contribution in [1.82, 2.24) is 4.98 Å². The quantitative estimate of drug-likeness (QED) is 0.597. The number of para-hydroxylation sites is 1. The third-order valence-corrected chi connectivity index (χ3v) is 4.79. The fourth-order valence-electron chi connectivity index (χ4n) is 2.92. The topological polar surface area (TPSA) is 12.9 Å². The van der Waals surface area contributed by atoms with E-state index in [9.17, 15) is 0 Å². The zero-order valence-electron chi connectivity index (χ0n) is 11.6. The summed E-state index contributed by atoms with van der Waals surface area (Å²) in [4.78, 5) is 4.59. The molecule has 0 spiro atoms. The van der Waals surface area contributed by atoms with E-state index in [1.54, 1.807) is 0 Å². The van der Waals surface area contributed by atoms with Gasteiger partial charge < -0.3 is 0 Å². The molecule has 0 radical (unpaired) electrons. The third kappa shape index (κ3) is 2.47. The van der Waals surface area contributed by atoms with E-state index in [2.05, 4.69) is 82.0 Å². The molecule has 0 aliphatic heterocycles. The van der Waals surface area contributed by atoms with E-state index < -0.39 is 0 Å². The molecule has 4 rings (SSSR count). The minimum absolute atomic E-state index is 0. The fraction of sp³-hybridized carbons (Fsp3) is 0.0556. The van der Waals surface area contributed by atoms with Crippen LogP contribution in [0.4, 0.5) is 0 Å². The van der Waals surface area contributed by atoms with Crippen molar-refractivity contribution < 1.29 is 16.3 Å². The summed E-state index contributed by atoms with van der Waals surface area (Å²) in [5.41, 5.74) is 4.87. The monoisotopic (exact) mass is 366 g/mol. The van der Waals surface area contributed by atoms with Crippen LogP contribution in [-0.2, 0) is 20.6 Å². The molecule has 0 fully saturated rings. The second kappa shape index (κ2) is 6.44. The molecule has 111 valence electrons. The molecular weight excluding hydrogens is 353 g/mol. The molecule has 1 aromatic heterocycles. The molecule has 1 atom stereocenters. The normalized spacial score (nSPS) is 18.4. The van der Waals surface area contributed by atoms with Crippen LogP contribution < -0.4 is 0 Å². The number of benzene rings is 2. The van der Waals surface area contributed by atoms with Crippen molar-refractivity contribution in [1.29, 1.82) is 0 Å². The minimum atomic E-state index is -0.218. The molecule has 4 heteroatoms. The number of rotatable bonds is 1. The Morgan fingerprint density at radius 3 is 2.41 bits per heavy atom. The predicted molar refractivity (Wildman–Crippen MR) is 92.5 cm³/mol. The molecule has 0 amide bonds. The van der Waals surface area contributed by atoms with Gasteiger partial charge in [0.1, 0.15) is 0 Å². The molecule has 22 heavy (non-hydrogen) atoms. The van der Waals surface area contributed by atoms with E-state index in [0.29, 0.717) is 0 Å². The molecule has 0 saturated carbocycles. The first-order valence-corrected chi connectivity index (χ1v) is 7.26. The molecule has 0 saturated heterocycles. The van der Waals surface area contributed by atoms with Crippen molar-refractivity contribution in [3.63, 3.8) is 0 Å². The van der Waals surface area contributed by atoms with Crippen LogP contribution in [0.15, 0.2) is 66.9 Å². The number of hydrogen-bond donors (Lipinski definition) is 0. The first-order valence-electron chi connectivity index (χ1n) is 6.62. The van der Waals surface area contributed by atoms with Gasteiger partial charge in [-0.15, -0.1) is 24.8 Å². The summed E-state index contributed by atoms with van der Waals surface area (Å²) in [6.45, 7) is 0. The van der Waals surface area contributed by atoms with Crippen LogP contribution in [0.5, 0.6) is 0 Å². The summed E-state index contributed by atoms with van der Waals surface area (Å²) in [5, 5.41) is 1.18. The number of pyridine rings is 1. The van der Waals surface area contributed by atoms with Crippen LogP contribution >= 0.6 is 24.8 Å². The van der Waals surface area contributed by atoms with Gasteiger partial charge in [0.25, 0.3) is 0 Å². The molecule has 1 aliphatic carbocycles. The Bertz CT molecular complexity index is 842. The number of nitrogens with zero attached hydrogens (tertiary/aromatic N) is 1. The number of allylic oxidation sites excluding steroid dienone is 1. The second-order valence-electron chi connectivity index (χ2n) is 5.04. The van der Waals surface area contributed by atoms with Gasteiger partial charge in [-0.3, -0.25) is 0 Å². The molecule has 1 heterocycles. The molecule has 2 aromatic carbocycles. The van der Waals surface area contributed by atoms with E-state index in [-0.39, 0.29) is 29.1 Å². The Morgan fingerprint density at radius 1 is 0.818 bits per heavy atom. The number of halogens is 2. The first-order chi connectivity index (χ1) is 9.79. The van der Waals surface area contributed by atoms with Crippen molar-refractivity contribution in [2.24, 2.45) is 0 Å². The van der Waals surface area contributed by atoms with Crippen molar-refractivity contribution >= 4 is 41.8 Å². The Kier molecular flexibility index (Phi) is 5.00. The van der Waals surface area contributed by atoms with Crippen LogP contribution in [0.2, 0.25) is 0 Å². The Morgan fingerprint density at radius 2 is 1.55 bits per heavy atom. The van der Waals surface area contributed by atoms with Crippen LogP contribution in [-0.4, -0.2) is 4.98 Å². The van der Waals surface area contributed by atoms with Gasteiger partial charge in [-0.25, -0.2) is 0 Å². The third-order valence-electron chi connectivity index (χ3n) is 3.89. The molecule has 0 bridgehead atoms. The molecule has 3 aromatic rings. The van der Waals surface area contributed by atoms with E-state index in [1.807, 2.05) is 12.3 Å². The summed E-state index contributed by atoms with van der Waals surface area (Å²) in [6.07, 6.45) is 6.29. The van der Waals surface area contributed by atoms with Crippen LogP contribution in [0.3, 0.4) is 0 Å². The van der Waals surface area contributed by atoms with Gasteiger partial charge >= 0.3 is 126 Å². The number of aromatic nitrogens is 1. The van der Waals surface area contributed by atoms with Crippen molar-refractivity contribution in [3.05, 3.63) is 83.6 Å². The summed E-state index contributed by atoms with van der Waals surface area (Å²) in [6, 6.07) is 19.0. The van der Waals surface area contributed by atoms with Crippen LogP contribution in [0, 0.1) is 0 Å². The average molecular weight is 367 g/mol. The number of fused-ring (bicyclic) bond motifs is 2. The molecule has 1 aliphatic rings. The second-order valence-corrected chi connectivity index (χ2v) is 6.04. The first kappa shape index (κ1) is 17.1. The maximum absolute atomic E-state index is 4.59. The van der Waals surface area contributed by atoms with Gasteiger partial charge in [-0.2, -0.15) is 0 Å². The Hall–Kier alpha value is -1.30. The SMILES string of the molecule is Cl.Cl.[Cr][C]1(c2cccc3cccnc23)C=Cc2ccccc21. The van der Waals surface area contributed by atoms with E-state index in [1.165, 1.54) is 22.1 Å². The van der Waals surface area contributed by atoms with E-state index in [4.69, 9.17) is 0 Å². The van der Waals surface area contributed by atoms with Crippen molar-refractivity contribution in [3.8, 4) is 0 Å². The Labute approximate surface area is 150 Å².